The second-order valence-electron chi connectivity index (χ2n) is 9.95. The lowest BCUT2D eigenvalue weighted by atomic mass is 9.81. The second kappa shape index (κ2) is 12.2. The molecule has 1 fully saturated rings. The normalized spacial score (nSPS) is 19.2. The van der Waals surface area contributed by atoms with Crippen LogP contribution in [0.3, 0.4) is 0 Å². The fraction of sp³-hybridized carbons (Fsp3) is 0.379. The molecule has 3 heterocycles. The molecule has 0 bridgehead atoms. The summed E-state index contributed by atoms with van der Waals surface area (Å²) >= 11 is 1.34. The van der Waals surface area contributed by atoms with E-state index in [1.165, 1.54) is 35.8 Å². The molecule has 2 unspecified atom stereocenters. The Kier molecular flexibility index (Phi) is 8.53. The van der Waals surface area contributed by atoms with Gasteiger partial charge in [-0.05, 0) is 68.0 Å². The van der Waals surface area contributed by atoms with Crippen LogP contribution in [0.5, 0.6) is 0 Å². The van der Waals surface area contributed by atoms with Crippen molar-refractivity contribution in [3.63, 3.8) is 0 Å². The zero-order chi connectivity index (χ0) is 28.2. The number of halogens is 1. The summed E-state index contributed by atoms with van der Waals surface area (Å²) in [6.45, 7) is 7.18. The summed E-state index contributed by atoms with van der Waals surface area (Å²) in [5.74, 6) is -1.23. The maximum absolute atomic E-state index is 13.5. The third kappa shape index (κ3) is 5.77. The van der Waals surface area contributed by atoms with Gasteiger partial charge in [0.1, 0.15) is 10.8 Å². The number of nitrogens with zero attached hydrogens (tertiary/aromatic N) is 3. The van der Waals surface area contributed by atoms with Crippen molar-refractivity contribution < 1.29 is 18.8 Å². The van der Waals surface area contributed by atoms with Gasteiger partial charge >= 0.3 is 5.97 Å². The highest BCUT2D eigenvalue weighted by atomic mass is 32.1. The molecule has 9 nitrogen and oxygen atoms in total. The Hall–Kier alpha value is -3.67. The molecule has 0 radical (unpaired) electrons. The van der Waals surface area contributed by atoms with Crippen molar-refractivity contribution in [1.29, 1.82) is 0 Å². The number of esters is 1. The van der Waals surface area contributed by atoms with E-state index in [1.54, 1.807) is 13.0 Å². The maximum atomic E-state index is 13.5. The molecule has 11 heteroatoms. The summed E-state index contributed by atoms with van der Waals surface area (Å²) in [7, 11) is 0. The van der Waals surface area contributed by atoms with Crippen LogP contribution in [0.4, 0.5) is 15.1 Å². The highest BCUT2D eigenvalue weighted by Crippen LogP contribution is 2.46. The maximum Gasteiger partial charge on any atom is 0.336 e. The summed E-state index contributed by atoms with van der Waals surface area (Å²) in [4.78, 5) is 26.7. The average molecular weight is 566 g/mol. The number of hydrogen-bond donors (Lipinski definition) is 2. The quantitative estimate of drug-likeness (QED) is 0.208. The summed E-state index contributed by atoms with van der Waals surface area (Å²) in [5, 5.41) is 19.2. The van der Waals surface area contributed by atoms with E-state index in [9.17, 15) is 19.3 Å². The van der Waals surface area contributed by atoms with Crippen molar-refractivity contribution >= 4 is 28.2 Å². The van der Waals surface area contributed by atoms with Crippen LogP contribution >= 0.6 is 11.5 Å². The van der Waals surface area contributed by atoms with Crippen molar-refractivity contribution in [3.05, 3.63) is 98.1 Å². The topological polar surface area (TPSA) is 110 Å². The standard InChI is InChI=1S/C29H32FN5O4S/c1-3-39-29(36)25-18(2)32-28-27(26(25)20-6-4-7-22(16-20)35(37)38)23(33-40-28)8-5-14-34-15-13-31-17-24(34)19-9-11-21(30)12-10-19/h4,6-7,9-12,16,24,26,31-32H,3,5,8,13-15,17H2,1-2H3. The first-order chi connectivity index (χ1) is 19.4. The number of fused-ring (bicyclic) bond motifs is 1. The number of hydrogen-bond acceptors (Lipinski definition) is 9. The Morgan fingerprint density at radius 1 is 1.25 bits per heavy atom. The van der Waals surface area contributed by atoms with E-state index >= 15 is 0 Å². The molecule has 0 amide bonds. The van der Waals surface area contributed by atoms with Crippen LogP contribution in [-0.2, 0) is 16.0 Å². The summed E-state index contributed by atoms with van der Waals surface area (Å²) in [6, 6.07) is 13.3. The third-order valence-electron chi connectivity index (χ3n) is 7.46. The van der Waals surface area contributed by atoms with Crippen molar-refractivity contribution in [2.75, 3.05) is 38.1 Å². The Labute approximate surface area is 236 Å². The molecule has 2 N–H and O–H groups in total. The predicted octanol–water partition coefficient (Wildman–Crippen LogP) is 5.16. The van der Waals surface area contributed by atoms with Crippen LogP contribution in [0.15, 0.2) is 59.8 Å². The van der Waals surface area contributed by atoms with Gasteiger partial charge in [0.05, 0.1) is 22.8 Å². The van der Waals surface area contributed by atoms with Gasteiger partial charge in [0.15, 0.2) is 0 Å². The number of nitrogens with one attached hydrogen (secondary N) is 2. The zero-order valence-corrected chi connectivity index (χ0v) is 23.3. The van der Waals surface area contributed by atoms with Gasteiger partial charge in [-0.2, -0.15) is 4.37 Å². The van der Waals surface area contributed by atoms with Crippen LogP contribution in [-0.4, -0.2) is 53.0 Å². The van der Waals surface area contributed by atoms with Crippen molar-refractivity contribution in [1.82, 2.24) is 14.6 Å². The van der Waals surface area contributed by atoms with E-state index in [-0.39, 0.29) is 24.2 Å². The Morgan fingerprint density at radius 2 is 2.05 bits per heavy atom. The number of ether oxygens (including phenoxy) is 1. The Morgan fingerprint density at radius 3 is 2.80 bits per heavy atom. The summed E-state index contributed by atoms with van der Waals surface area (Å²) in [6.07, 6.45) is 1.50. The first-order valence-corrected chi connectivity index (χ1v) is 14.2. The number of aromatic nitrogens is 1. The highest BCUT2D eigenvalue weighted by Gasteiger charge is 2.37. The van der Waals surface area contributed by atoms with Gasteiger partial charge in [-0.15, -0.1) is 0 Å². The number of non-ortho nitro benzene ring substituents is 1. The van der Waals surface area contributed by atoms with Crippen molar-refractivity contribution in [2.45, 2.75) is 38.6 Å². The highest BCUT2D eigenvalue weighted by molar-refractivity contribution is 7.10. The predicted molar refractivity (Wildman–Crippen MR) is 152 cm³/mol. The molecular formula is C29H32FN5O4S. The number of rotatable bonds is 9. The zero-order valence-electron chi connectivity index (χ0n) is 22.5. The van der Waals surface area contributed by atoms with Crippen LogP contribution in [0.2, 0.25) is 0 Å². The molecule has 2 aliphatic heterocycles. The first-order valence-electron chi connectivity index (χ1n) is 13.4. The van der Waals surface area contributed by atoms with Crippen LogP contribution in [0, 0.1) is 15.9 Å². The van der Waals surface area contributed by atoms with E-state index in [1.807, 2.05) is 25.1 Å². The molecule has 1 saturated heterocycles. The number of nitro benzene ring substituents is 1. The minimum absolute atomic E-state index is 0.0336. The molecule has 2 aromatic carbocycles. The number of benzene rings is 2. The van der Waals surface area contributed by atoms with Crippen molar-refractivity contribution in [3.8, 4) is 0 Å². The third-order valence-corrected chi connectivity index (χ3v) is 8.28. The molecule has 5 rings (SSSR count). The fourth-order valence-electron chi connectivity index (χ4n) is 5.61. The van der Waals surface area contributed by atoms with Crippen LogP contribution in [0.1, 0.15) is 54.6 Å². The number of carbonyl (C=O) groups excluding carboxylic acids is 1. The lowest BCUT2D eigenvalue weighted by Crippen LogP contribution is -2.46. The summed E-state index contributed by atoms with van der Waals surface area (Å²) in [5.41, 5.74) is 4.53. The lowest BCUT2D eigenvalue weighted by molar-refractivity contribution is -0.384. The minimum atomic E-state index is -0.532. The van der Waals surface area contributed by atoms with Crippen molar-refractivity contribution in [2.24, 2.45) is 0 Å². The Balaban J connectivity index is 1.42. The first kappa shape index (κ1) is 27.9. The smallest absolute Gasteiger partial charge is 0.336 e. The minimum Gasteiger partial charge on any atom is -0.463 e. The molecule has 2 aliphatic rings. The number of piperazine rings is 1. The molecule has 1 aromatic heterocycles. The molecule has 2 atom stereocenters. The van der Waals surface area contributed by atoms with E-state index in [0.29, 0.717) is 23.3 Å². The second-order valence-corrected chi connectivity index (χ2v) is 10.7. The van der Waals surface area contributed by atoms with E-state index < -0.39 is 16.8 Å². The molecule has 0 aliphatic carbocycles. The SMILES string of the molecule is CCOC(=O)C1=C(C)Nc2snc(CCCN3CCNCC3c3ccc(F)cc3)c2C1c1cccc([N+](=O)[O-])c1. The van der Waals surface area contributed by atoms with Gasteiger partial charge in [-0.25, -0.2) is 9.18 Å². The van der Waals surface area contributed by atoms with Crippen LogP contribution in [0.25, 0.3) is 0 Å². The fourth-order valence-corrected chi connectivity index (χ4v) is 6.53. The van der Waals surface area contributed by atoms with Gasteiger partial charge in [0.2, 0.25) is 0 Å². The lowest BCUT2D eigenvalue weighted by Gasteiger charge is -2.36. The average Bonchev–Trinajstić information content (AvgIpc) is 3.35. The molecule has 0 spiro atoms. The van der Waals surface area contributed by atoms with Gasteiger partial charge < -0.3 is 15.4 Å². The molecule has 3 aromatic rings. The van der Waals surface area contributed by atoms with Gasteiger partial charge in [0.25, 0.3) is 5.69 Å². The van der Waals surface area contributed by atoms with E-state index in [4.69, 9.17) is 9.11 Å². The monoisotopic (exact) mass is 565 g/mol. The molecule has 0 saturated carbocycles. The number of aryl methyl sites for hydroxylation is 1. The van der Waals surface area contributed by atoms with E-state index in [2.05, 4.69) is 15.5 Å². The molecular weight excluding hydrogens is 533 g/mol. The van der Waals surface area contributed by atoms with E-state index in [0.717, 1.165) is 54.4 Å². The van der Waals surface area contributed by atoms with Gasteiger partial charge in [0, 0.05) is 55.0 Å². The van der Waals surface area contributed by atoms with Gasteiger partial charge in [-0.3, -0.25) is 15.0 Å². The Bertz CT molecular complexity index is 1420. The van der Waals surface area contributed by atoms with Crippen LogP contribution < -0.4 is 10.6 Å². The van der Waals surface area contributed by atoms with Gasteiger partial charge in [-0.1, -0.05) is 24.3 Å². The number of nitro groups is 1. The number of allylic oxidation sites excluding steroid dienone is 1. The molecule has 210 valence electrons. The number of anilines is 1. The molecule has 40 heavy (non-hydrogen) atoms. The number of carbonyl (C=O) groups is 1. The largest absolute Gasteiger partial charge is 0.463 e. The summed E-state index contributed by atoms with van der Waals surface area (Å²) < 4.78 is 23.7.